The number of phenols is 1. The monoisotopic (exact) mass is 243 g/mol. The van der Waals surface area contributed by atoms with Crippen molar-refractivity contribution in [3.8, 4) is 5.75 Å². The van der Waals surface area contributed by atoms with Crippen molar-refractivity contribution in [1.29, 1.82) is 0 Å². The van der Waals surface area contributed by atoms with Crippen molar-refractivity contribution in [3.63, 3.8) is 0 Å². The second kappa shape index (κ2) is 4.60. The van der Waals surface area contributed by atoms with Crippen LogP contribution in [0.25, 0.3) is 0 Å². The molecule has 1 aliphatic rings. The molecule has 0 unspecified atom stereocenters. The van der Waals surface area contributed by atoms with E-state index in [-0.39, 0.29) is 22.3 Å². The van der Waals surface area contributed by atoms with E-state index in [2.05, 4.69) is 0 Å². The third-order valence-electron chi connectivity index (χ3n) is 3.36. The molecule has 1 saturated carbocycles. The summed E-state index contributed by atoms with van der Waals surface area (Å²) in [5.74, 6) is -0.429. The van der Waals surface area contributed by atoms with Crippen LogP contribution in [0.5, 0.6) is 5.75 Å². The van der Waals surface area contributed by atoms with Gasteiger partial charge in [0.05, 0.1) is 5.02 Å². The standard InChI is InChI=1S/C12H15ClFNO/c13-8-5-6-9(14)10(12(8)16)11(15)7-3-1-2-4-7/h5-7,11,16H,1-4,15H2/t11-/m1/s1. The van der Waals surface area contributed by atoms with Crippen LogP contribution in [0.4, 0.5) is 4.39 Å². The summed E-state index contributed by atoms with van der Waals surface area (Å²) in [5, 5.41) is 9.91. The molecule has 0 saturated heterocycles. The summed E-state index contributed by atoms with van der Waals surface area (Å²) in [5.41, 5.74) is 6.18. The Morgan fingerprint density at radius 3 is 2.62 bits per heavy atom. The number of hydrogen-bond donors (Lipinski definition) is 2. The maximum atomic E-state index is 13.6. The molecule has 1 aliphatic carbocycles. The van der Waals surface area contributed by atoms with Gasteiger partial charge in [0.1, 0.15) is 11.6 Å². The lowest BCUT2D eigenvalue weighted by atomic mass is 9.91. The topological polar surface area (TPSA) is 46.2 Å². The summed E-state index contributed by atoms with van der Waals surface area (Å²) in [4.78, 5) is 0. The van der Waals surface area contributed by atoms with Gasteiger partial charge in [0.25, 0.3) is 0 Å². The highest BCUT2D eigenvalue weighted by Crippen LogP contribution is 2.40. The number of phenolic OH excluding ortho intramolecular Hbond substituents is 1. The van der Waals surface area contributed by atoms with Crippen LogP contribution >= 0.6 is 11.6 Å². The smallest absolute Gasteiger partial charge is 0.141 e. The number of halogens is 2. The number of benzene rings is 1. The van der Waals surface area contributed by atoms with Gasteiger partial charge in [0, 0.05) is 11.6 Å². The van der Waals surface area contributed by atoms with E-state index in [1.165, 1.54) is 12.1 Å². The average Bonchev–Trinajstić information content (AvgIpc) is 2.77. The molecule has 88 valence electrons. The normalized spacial score (nSPS) is 18.9. The largest absolute Gasteiger partial charge is 0.506 e. The molecule has 1 aromatic carbocycles. The first kappa shape index (κ1) is 11.7. The summed E-state index contributed by atoms with van der Waals surface area (Å²) >= 11 is 5.76. The molecule has 2 nitrogen and oxygen atoms in total. The molecular formula is C12H15ClFNO. The van der Waals surface area contributed by atoms with E-state index in [9.17, 15) is 9.50 Å². The van der Waals surface area contributed by atoms with Crippen LogP contribution < -0.4 is 5.73 Å². The van der Waals surface area contributed by atoms with Gasteiger partial charge in [0.15, 0.2) is 0 Å². The van der Waals surface area contributed by atoms with E-state index in [0.29, 0.717) is 0 Å². The SMILES string of the molecule is N[C@@H](c1c(F)ccc(Cl)c1O)C1CCCC1. The Kier molecular flexibility index (Phi) is 3.36. The lowest BCUT2D eigenvalue weighted by Crippen LogP contribution is -2.20. The molecule has 0 aliphatic heterocycles. The van der Waals surface area contributed by atoms with Crippen molar-refractivity contribution in [1.82, 2.24) is 0 Å². The van der Waals surface area contributed by atoms with Crippen LogP contribution in [0.15, 0.2) is 12.1 Å². The molecule has 16 heavy (non-hydrogen) atoms. The summed E-state index contributed by atoms with van der Waals surface area (Å²) in [6, 6.07) is 2.14. The van der Waals surface area contributed by atoms with Crippen molar-refractivity contribution in [3.05, 3.63) is 28.5 Å². The summed E-state index contributed by atoms with van der Waals surface area (Å²) in [6.07, 6.45) is 4.24. The fourth-order valence-electron chi connectivity index (χ4n) is 2.43. The molecule has 0 amide bonds. The molecule has 0 aromatic heterocycles. The van der Waals surface area contributed by atoms with E-state index in [1.54, 1.807) is 0 Å². The summed E-state index contributed by atoms with van der Waals surface area (Å²) in [7, 11) is 0. The van der Waals surface area contributed by atoms with Crippen molar-refractivity contribution >= 4 is 11.6 Å². The Labute approximate surface area is 99.2 Å². The Hall–Kier alpha value is -0.800. The zero-order chi connectivity index (χ0) is 11.7. The Morgan fingerprint density at radius 2 is 2.00 bits per heavy atom. The lowest BCUT2D eigenvalue weighted by molar-refractivity contribution is 0.396. The predicted octanol–water partition coefficient (Wildman–Crippen LogP) is 3.37. The third kappa shape index (κ3) is 2.02. The van der Waals surface area contributed by atoms with Gasteiger partial charge >= 0.3 is 0 Å². The predicted molar refractivity (Wildman–Crippen MR) is 62.0 cm³/mol. The fourth-order valence-corrected chi connectivity index (χ4v) is 2.59. The van der Waals surface area contributed by atoms with Gasteiger partial charge in [-0.1, -0.05) is 24.4 Å². The van der Waals surface area contributed by atoms with E-state index < -0.39 is 11.9 Å². The van der Waals surface area contributed by atoms with Gasteiger partial charge in [-0.15, -0.1) is 0 Å². The molecule has 2 rings (SSSR count). The average molecular weight is 244 g/mol. The number of nitrogens with two attached hydrogens (primary N) is 1. The van der Waals surface area contributed by atoms with Gasteiger partial charge in [-0.05, 0) is 30.9 Å². The second-order valence-electron chi connectivity index (χ2n) is 4.36. The van der Waals surface area contributed by atoms with E-state index in [1.807, 2.05) is 0 Å². The second-order valence-corrected chi connectivity index (χ2v) is 4.77. The summed E-state index contributed by atoms with van der Waals surface area (Å²) < 4.78 is 13.6. The van der Waals surface area contributed by atoms with Crippen LogP contribution in [0, 0.1) is 11.7 Å². The molecule has 3 N–H and O–H groups in total. The van der Waals surface area contributed by atoms with Gasteiger partial charge in [-0.2, -0.15) is 0 Å². The number of hydrogen-bond acceptors (Lipinski definition) is 2. The maximum Gasteiger partial charge on any atom is 0.141 e. The van der Waals surface area contributed by atoms with Gasteiger partial charge in [-0.25, -0.2) is 4.39 Å². The molecule has 0 bridgehead atoms. The molecule has 0 heterocycles. The first-order valence-electron chi connectivity index (χ1n) is 5.53. The minimum Gasteiger partial charge on any atom is -0.506 e. The van der Waals surface area contributed by atoms with Gasteiger partial charge in [-0.3, -0.25) is 0 Å². The van der Waals surface area contributed by atoms with Crippen molar-refractivity contribution in [2.45, 2.75) is 31.7 Å². The zero-order valence-corrected chi connectivity index (χ0v) is 9.67. The number of rotatable bonds is 2. The highest BCUT2D eigenvalue weighted by atomic mass is 35.5. The lowest BCUT2D eigenvalue weighted by Gasteiger charge is -2.21. The highest BCUT2D eigenvalue weighted by molar-refractivity contribution is 6.32. The van der Waals surface area contributed by atoms with Crippen LogP contribution in [0.3, 0.4) is 0 Å². The minimum absolute atomic E-state index is 0.157. The molecule has 0 spiro atoms. The number of aromatic hydroxyl groups is 1. The van der Waals surface area contributed by atoms with Crippen molar-refractivity contribution < 1.29 is 9.50 Å². The summed E-state index contributed by atoms with van der Waals surface area (Å²) in [6.45, 7) is 0. The van der Waals surface area contributed by atoms with Crippen LogP contribution in [0.2, 0.25) is 5.02 Å². The van der Waals surface area contributed by atoms with Crippen LogP contribution in [0.1, 0.15) is 37.3 Å². The highest BCUT2D eigenvalue weighted by Gasteiger charge is 2.28. The van der Waals surface area contributed by atoms with E-state index in [0.717, 1.165) is 25.7 Å². The first-order chi connectivity index (χ1) is 7.61. The zero-order valence-electron chi connectivity index (χ0n) is 8.92. The van der Waals surface area contributed by atoms with Crippen molar-refractivity contribution in [2.75, 3.05) is 0 Å². The van der Waals surface area contributed by atoms with Gasteiger partial charge < -0.3 is 10.8 Å². The molecular weight excluding hydrogens is 229 g/mol. The Balaban J connectivity index is 2.34. The molecule has 1 aromatic rings. The quantitative estimate of drug-likeness (QED) is 0.837. The molecule has 0 radical (unpaired) electrons. The molecule has 1 atom stereocenters. The van der Waals surface area contributed by atoms with E-state index in [4.69, 9.17) is 17.3 Å². The van der Waals surface area contributed by atoms with Gasteiger partial charge in [0.2, 0.25) is 0 Å². The van der Waals surface area contributed by atoms with E-state index >= 15 is 0 Å². The molecule has 1 fully saturated rings. The molecule has 4 heteroatoms. The minimum atomic E-state index is -0.471. The fraction of sp³-hybridized carbons (Fsp3) is 0.500. The van der Waals surface area contributed by atoms with Crippen molar-refractivity contribution in [2.24, 2.45) is 11.7 Å². The Morgan fingerprint density at radius 1 is 1.38 bits per heavy atom. The third-order valence-corrected chi connectivity index (χ3v) is 3.66. The Bertz CT molecular complexity index is 391. The van der Waals surface area contributed by atoms with Crippen LogP contribution in [-0.2, 0) is 0 Å². The first-order valence-corrected chi connectivity index (χ1v) is 5.91. The van der Waals surface area contributed by atoms with Crippen LogP contribution in [-0.4, -0.2) is 5.11 Å². The maximum absolute atomic E-state index is 13.6.